The predicted molar refractivity (Wildman–Crippen MR) is 61.9 cm³/mol. The molecule has 78 valence electrons. The summed E-state index contributed by atoms with van der Waals surface area (Å²) >= 11 is 0. The maximum atomic E-state index is 5.34. The minimum atomic E-state index is 0.195. The van der Waals surface area contributed by atoms with Gasteiger partial charge in [-0.1, -0.05) is 18.2 Å². The first-order valence-electron chi connectivity index (χ1n) is 5.13. The maximum absolute atomic E-state index is 5.34. The lowest BCUT2D eigenvalue weighted by atomic mass is 10.1. The standard InChI is InChI=1S/C13H15NO/c1-10-6-3-4-7-12(10)14-11(2)13-8-5-9-15-13/h3-9,11,14H,1-2H3/t11-/m1/s1. The van der Waals surface area contributed by atoms with Gasteiger partial charge in [0.15, 0.2) is 0 Å². The monoisotopic (exact) mass is 201 g/mol. The van der Waals surface area contributed by atoms with Crippen molar-refractivity contribution < 1.29 is 4.42 Å². The van der Waals surface area contributed by atoms with Gasteiger partial charge in [-0.15, -0.1) is 0 Å². The van der Waals surface area contributed by atoms with Crippen LogP contribution in [0.25, 0.3) is 0 Å². The van der Waals surface area contributed by atoms with E-state index in [0.29, 0.717) is 0 Å². The van der Waals surface area contributed by atoms with Crippen molar-refractivity contribution in [3.05, 3.63) is 54.0 Å². The van der Waals surface area contributed by atoms with E-state index in [4.69, 9.17) is 4.42 Å². The lowest BCUT2D eigenvalue weighted by molar-refractivity contribution is 0.490. The van der Waals surface area contributed by atoms with E-state index in [1.54, 1.807) is 6.26 Å². The van der Waals surface area contributed by atoms with Crippen LogP contribution in [0.4, 0.5) is 5.69 Å². The molecule has 0 radical (unpaired) electrons. The van der Waals surface area contributed by atoms with Gasteiger partial charge in [-0.05, 0) is 37.6 Å². The number of benzene rings is 1. The zero-order valence-electron chi connectivity index (χ0n) is 9.03. The van der Waals surface area contributed by atoms with Crippen LogP contribution in [-0.2, 0) is 0 Å². The minimum absolute atomic E-state index is 0.195. The van der Waals surface area contributed by atoms with Crippen LogP contribution in [0.15, 0.2) is 47.1 Å². The molecule has 2 nitrogen and oxygen atoms in total. The van der Waals surface area contributed by atoms with E-state index in [9.17, 15) is 0 Å². The van der Waals surface area contributed by atoms with Crippen LogP contribution in [0.5, 0.6) is 0 Å². The van der Waals surface area contributed by atoms with E-state index in [1.807, 2.05) is 24.3 Å². The first-order chi connectivity index (χ1) is 7.27. The summed E-state index contributed by atoms with van der Waals surface area (Å²) in [7, 11) is 0. The molecule has 0 aliphatic rings. The predicted octanol–water partition coefficient (Wildman–Crippen LogP) is 3.76. The van der Waals surface area contributed by atoms with Crippen molar-refractivity contribution in [1.29, 1.82) is 0 Å². The third kappa shape index (κ3) is 2.21. The van der Waals surface area contributed by atoms with E-state index < -0.39 is 0 Å². The van der Waals surface area contributed by atoms with Gasteiger partial charge in [-0.25, -0.2) is 0 Å². The highest BCUT2D eigenvalue weighted by Crippen LogP contribution is 2.21. The molecule has 2 aromatic rings. The zero-order chi connectivity index (χ0) is 10.7. The molecule has 0 unspecified atom stereocenters. The van der Waals surface area contributed by atoms with Gasteiger partial charge in [-0.2, -0.15) is 0 Å². The molecular formula is C13H15NO. The molecule has 1 heterocycles. The molecule has 2 rings (SSSR count). The van der Waals surface area contributed by atoms with E-state index in [-0.39, 0.29) is 6.04 Å². The van der Waals surface area contributed by atoms with Crippen LogP contribution in [0.2, 0.25) is 0 Å². The van der Waals surface area contributed by atoms with Gasteiger partial charge in [0, 0.05) is 5.69 Å². The average molecular weight is 201 g/mol. The van der Waals surface area contributed by atoms with Gasteiger partial charge in [0.25, 0.3) is 0 Å². The lowest BCUT2D eigenvalue weighted by Crippen LogP contribution is -2.06. The van der Waals surface area contributed by atoms with Crippen LogP contribution in [0.3, 0.4) is 0 Å². The SMILES string of the molecule is Cc1ccccc1N[C@H](C)c1ccco1. The first-order valence-corrected chi connectivity index (χ1v) is 5.13. The number of hydrogen-bond acceptors (Lipinski definition) is 2. The van der Waals surface area contributed by atoms with Crippen molar-refractivity contribution in [1.82, 2.24) is 0 Å². The molecule has 0 spiro atoms. The van der Waals surface area contributed by atoms with Crippen molar-refractivity contribution in [2.45, 2.75) is 19.9 Å². The van der Waals surface area contributed by atoms with Gasteiger partial charge in [0.2, 0.25) is 0 Å². The Kier molecular flexibility index (Phi) is 2.77. The summed E-state index contributed by atoms with van der Waals surface area (Å²) < 4.78 is 5.34. The summed E-state index contributed by atoms with van der Waals surface area (Å²) in [6, 6.07) is 12.3. The van der Waals surface area contributed by atoms with Crippen LogP contribution in [0, 0.1) is 6.92 Å². The summed E-state index contributed by atoms with van der Waals surface area (Å²) in [5.41, 5.74) is 2.40. The number of hydrogen-bond donors (Lipinski definition) is 1. The van der Waals surface area contributed by atoms with Crippen LogP contribution >= 0.6 is 0 Å². The van der Waals surface area contributed by atoms with E-state index in [0.717, 1.165) is 11.4 Å². The number of anilines is 1. The third-order valence-corrected chi connectivity index (χ3v) is 2.49. The fourth-order valence-corrected chi connectivity index (χ4v) is 1.58. The van der Waals surface area contributed by atoms with Crippen LogP contribution in [0.1, 0.15) is 24.3 Å². The summed E-state index contributed by atoms with van der Waals surface area (Å²) in [6.45, 7) is 4.18. The molecule has 0 saturated heterocycles. The van der Waals surface area contributed by atoms with Crippen molar-refractivity contribution in [3.8, 4) is 0 Å². The Morgan fingerprint density at radius 3 is 2.60 bits per heavy atom. The van der Waals surface area contributed by atoms with E-state index >= 15 is 0 Å². The summed E-state index contributed by atoms with van der Waals surface area (Å²) in [5, 5.41) is 3.42. The Hall–Kier alpha value is -1.70. The lowest BCUT2D eigenvalue weighted by Gasteiger charge is -2.14. The summed E-state index contributed by atoms with van der Waals surface area (Å²) in [6.07, 6.45) is 1.70. The molecule has 0 bridgehead atoms. The van der Waals surface area contributed by atoms with Gasteiger partial charge in [-0.3, -0.25) is 0 Å². The minimum Gasteiger partial charge on any atom is -0.467 e. The number of para-hydroxylation sites is 1. The van der Waals surface area contributed by atoms with Gasteiger partial charge < -0.3 is 9.73 Å². The number of aryl methyl sites for hydroxylation is 1. The second-order valence-corrected chi connectivity index (χ2v) is 3.70. The number of rotatable bonds is 3. The second kappa shape index (κ2) is 4.22. The van der Waals surface area contributed by atoms with Gasteiger partial charge >= 0.3 is 0 Å². The molecule has 1 atom stereocenters. The van der Waals surface area contributed by atoms with Gasteiger partial charge in [0.05, 0.1) is 12.3 Å². The Labute approximate surface area is 89.9 Å². The third-order valence-electron chi connectivity index (χ3n) is 2.49. The van der Waals surface area contributed by atoms with Crippen molar-refractivity contribution in [2.75, 3.05) is 5.32 Å². The molecule has 15 heavy (non-hydrogen) atoms. The fraction of sp³-hybridized carbons (Fsp3) is 0.231. The van der Waals surface area contributed by atoms with E-state index in [2.05, 4.69) is 31.3 Å². The van der Waals surface area contributed by atoms with Gasteiger partial charge in [0.1, 0.15) is 5.76 Å². The molecule has 0 fully saturated rings. The molecule has 0 amide bonds. The highest BCUT2D eigenvalue weighted by Gasteiger charge is 2.08. The van der Waals surface area contributed by atoms with Crippen molar-refractivity contribution in [3.63, 3.8) is 0 Å². The molecule has 1 aromatic heterocycles. The zero-order valence-corrected chi connectivity index (χ0v) is 9.03. The number of nitrogens with one attached hydrogen (secondary N) is 1. The highest BCUT2D eigenvalue weighted by atomic mass is 16.3. The maximum Gasteiger partial charge on any atom is 0.125 e. The van der Waals surface area contributed by atoms with Crippen LogP contribution < -0.4 is 5.32 Å². The Balaban J connectivity index is 2.13. The fourth-order valence-electron chi connectivity index (χ4n) is 1.58. The molecule has 1 N–H and O–H groups in total. The van der Waals surface area contributed by atoms with E-state index in [1.165, 1.54) is 5.56 Å². The quantitative estimate of drug-likeness (QED) is 0.817. The average Bonchev–Trinajstić information content (AvgIpc) is 2.74. The smallest absolute Gasteiger partial charge is 0.125 e. The molecule has 2 heteroatoms. The molecule has 0 saturated carbocycles. The Bertz CT molecular complexity index is 420. The largest absolute Gasteiger partial charge is 0.467 e. The summed E-state index contributed by atoms with van der Waals surface area (Å²) in [4.78, 5) is 0. The topological polar surface area (TPSA) is 25.2 Å². The van der Waals surface area contributed by atoms with Crippen molar-refractivity contribution in [2.24, 2.45) is 0 Å². The molecule has 1 aromatic carbocycles. The summed E-state index contributed by atoms with van der Waals surface area (Å²) in [5.74, 6) is 0.957. The normalized spacial score (nSPS) is 12.4. The molecule has 0 aliphatic heterocycles. The molecule has 0 aliphatic carbocycles. The van der Waals surface area contributed by atoms with Crippen molar-refractivity contribution >= 4 is 5.69 Å². The number of furan rings is 1. The second-order valence-electron chi connectivity index (χ2n) is 3.70. The first kappa shape index (κ1) is 9.84. The van der Waals surface area contributed by atoms with Crippen LogP contribution in [-0.4, -0.2) is 0 Å². The highest BCUT2D eigenvalue weighted by molar-refractivity contribution is 5.51. The Morgan fingerprint density at radius 1 is 1.13 bits per heavy atom. The Morgan fingerprint density at radius 2 is 1.93 bits per heavy atom. The molecular weight excluding hydrogens is 186 g/mol.